The molecule has 4 N–H and O–H groups in total. The SMILES string of the molecule is CN(C)Cc1ccc(-c2ccc(O)c3c2C[C@H]2C[C@H]4[C@@H](N(C)C)C(=O)C(C(N)=O)C(=O)[C@@]4(O)C(=O)C2C3=O)cc1. The number of hydrogen-bond acceptors (Lipinski definition) is 9. The molecule has 10 nitrogen and oxygen atoms in total. The van der Waals surface area contributed by atoms with Crippen LogP contribution in [0, 0.1) is 23.7 Å². The Morgan fingerprint density at radius 3 is 2.23 bits per heavy atom. The molecule has 2 unspecified atom stereocenters. The molecule has 0 aromatic heterocycles. The lowest BCUT2D eigenvalue weighted by atomic mass is 9.52. The van der Waals surface area contributed by atoms with Crippen LogP contribution >= 0.6 is 0 Å². The first-order valence-electron chi connectivity index (χ1n) is 13.2. The van der Waals surface area contributed by atoms with Crippen LogP contribution in [0.3, 0.4) is 0 Å². The van der Waals surface area contributed by atoms with E-state index >= 15 is 0 Å². The lowest BCUT2D eigenvalue weighted by Crippen LogP contribution is -2.74. The Hall–Kier alpha value is -3.73. The number of fused-ring (bicyclic) bond motifs is 3. The number of nitrogens with zero attached hydrogens (tertiary/aromatic N) is 2. The number of benzene rings is 2. The number of aromatic hydroxyl groups is 1. The first-order chi connectivity index (χ1) is 18.8. The lowest BCUT2D eigenvalue weighted by molar-refractivity contribution is -0.181. The van der Waals surface area contributed by atoms with Crippen molar-refractivity contribution in [3.8, 4) is 16.9 Å². The zero-order valence-corrected chi connectivity index (χ0v) is 22.9. The molecule has 0 spiro atoms. The second-order valence-corrected chi connectivity index (χ2v) is 11.7. The van der Waals surface area contributed by atoms with E-state index in [0.29, 0.717) is 5.56 Å². The lowest BCUT2D eigenvalue weighted by Gasteiger charge is -2.52. The topological polar surface area (TPSA) is 158 Å². The molecule has 3 aliphatic carbocycles. The predicted molar refractivity (Wildman–Crippen MR) is 144 cm³/mol. The monoisotopic (exact) mass is 547 g/mol. The average Bonchev–Trinajstić information content (AvgIpc) is 2.86. The fourth-order valence-corrected chi connectivity index (χ4v) is 7.03. The van der Waals surface area contributed by atoms with Crippen molar-refractivity contribution in [2.45, 2.75) is 31.0 Å². The van der Waals surface area contributed by atoms with E-state index in [-0.39, 0.29) is 24.2 Å². The third-order valence-corrected chi connectivity index (χ3v) is 8.71. The van der Waals surface area contributed by atoms with Crippen molar-refractivity contribution in [2.24, 2.45) is 29.4 Å². The van der Waals surface area contributed by atoms with Crippen molar-refractivity contribution in [1.82, 2.24) is 9.80 Å². The molecule has 1 amide bonds. The first kappa shape index (κ1) is 27.8. The van der Waals surface area contributed by atoms with Crippen LogP contribution in [0.4, 0.5) is 0 Å². The van der Waals surface area contributed by atoms with Gasteiger partial charge in [0.25, 0.3) is 0 Å². The summed E-state index contributed by atoms with van der Waals surface area (Å²) in [5.74, 6) is -10.5. The van der Waals surface area contributed by atoms with Crippen LogP contribution in [0.5, 0.6) is 5.75 Å². The van der Waals surface area contributed by atoms with Crippen LogP contribution < -0.4 is 5.73 Å². The minimum absolute atomic E-state index is 0.0125. The van der Waals surface area contributed by atoms with E-state index in [9.17, 15) is 34.2 Å². The third kappa shape index (κ3) is 4.01. The number of Topliss-reactive ketones (excluding diaryl/α,β-unsaturated/α-hetero) is 4. The fourth-order valence-electron chi connectivity index (χ4n) is 7.03. The smallest absolute Gasteiger partial charge is 0.235 e. The number of rotatable bonds is 5. The van der Waals surface area contributed by atoms with Gasteiger partial charge in [-0.05, 0) is 75.3 Å². The zero-order chi connectivity index (χ0) is 29.3. The highest BCUT2D eigenvalue weighted by atomic mass is 16.3. The van der Waals surface area contributed by atoms with Gasteiger partial charge in [-0.1, -0.05) is 30.3 Å². The van der Waals surface area contributed by atoms with Gasteiger partial charge in [-0.25, -0.2) is 0 Å². The summed E-state index contributed by atoms with van der Waals surface area (Å²) < 4.78 is 0. The number of primary amides is 1. The fraction of sp³-hybridized carbons (Fsp3) is 0.433. The number of phenolic OH excluding ortho intramolecular Hbond substituents is 1. The van der Waals surface area contributed by atoms with Crippen LogP contribution in [0.15, 0.2) is 36.4 Å². The quantitative estimate of drug-likeness (QED) is 0.456. The second-order valence-electron chi connectivity index (χ2n) is 11.7. The molecule has 0 saturated heterocycles. The Balaban J connectivity index is 1.60. The molecule has 2 saturated carbocycles. The number of carbonyl (C=O) groups is 5. The van der Waals surface area contributed by atoms with Crippen molar-refractivity contribution >= 4 is 29.0 Å². The maximum absolute atomic E-state index is 13.9. The Morgan fingerprint density at radius 2 is 1.65 bits per heavy atom. The minimum Gasteiger partial charge on any atom is -0.507 e. The highest BCUT2D eigenvalue weighted by molar-refractivity contribution is 6.32. The summed E-state index contributed by atoms with van der Waals surface area (Å²) in [5, 5.41) is 22.4. The van der Waals surface area contributed by atoms with Gasteiger partial charge in [-0.3, -0.25) is 28.9 Å². The molecule has 2 aromatic carbocycles. The van der Waals surface area contributed by atoms with Gasteiger partial charge in [0, 0.05) is 12.5 Å². The summed E-state index contributed by atoms with van der Waals surface area (Å²) in [6.07, 6.45) is 0.232. The van der Waals surface area contributed by atoms with E-state index < -0.39 is 64.4 Å². The molecule has 10 heteroatoms. The second kappa shape index (κ2) is 9.72. The molecular weight excluding hydrogens is 514 g/mol. The molecule has 0 bridgehead atoms. The van der Waals surface area contributed by atoms with Gasteiger partial charge in [0.1, 0.15) is 5.75 Å². The molecular formula is C30H33N3O7. The van der Waals surface area contributed by atoms with Gasteiger partial charge in [0.05, 0.1) is 17.5 Å². The highest BCUT2D eigenvalue weighted by Crippen LogP contribution is 2.51. The summed E-state index contributed by atoms with van der Waals surface area (Å²) in [6, 6.07) is 9.87. The number of likely N-dealkylation sites (N-methyl/N-ethyl adjacent to an activating group) is 1. The van der Waals surface area contributed by atoms with Crippen molar-refractivity contribution in [2.75, 3.05) is 28.2 Å². The molecule has 2 fully saturated rings. The van der Waals surface area contributed by atoms with Gasteiger partial charge in [0.15, 0.2) is 34.7 Å². The van der Waals surface area contributed by atoms with Gasteiger partial charge in [-0.2, -0.15) is 0 Å². The van der Waals surface area contributed by atoms with Crippen molar-refractivity contribution in [1.29, 1.82) is 0 Å². The first-order valence-corrected chi connectivity index (χ1v) is 13.2. The van der Waals surface area contributed by atoms with E-state index in [0.717, 1.165) is 23.2 Å². The Labute approximate surface area is 231 Å². The van der Waals surface area contributed by atoms with Crippen molar-refractivity contribution in [3.05, 3.63) is 53.1 Å². The van der Waals surface area contributed by atoms with E-state index in [1.165, 1.54) is 11.0 Å². The number of amides is 1. The summed E-state index contributed by atoms with van der Waals surface area (Å²) in [6.45, 7) is 0.754. The molecule has 5 rings (SSSR count). The van der Waals surface area contributed by atoms with Crippen molar-refractivity contribution < 1.29 is 34.2 Å². The maximum Gasteiger partial charge on any atom is 0.235 e. The number of phenols is 1. The number of ketones is 4. The normalized spacial score (nSPS) is 29.8. The van der Waals surface area contributed by atoms with Crippen LogP contribution in [-0.4, -0.2) is 88.9 Å². The Kier molecular flexibility index (Phi) is 6.76. The maximum atomic E-state index is 13.9. The van der Waals surface area contributed by atoms with Gasteiger partial charge < -0.3 is 20.8 Å². The largest absolute Gasteiger partial charge is 0.507 e. The number of hydrogen-bond donors (Lipinski definition) is 3. The highest BCUT2D eigenvalue weighted by Gasteiger charge is 2.69. The van der Waals surface area contributed by atoms with Crippen LogP contribution in [0.1, 0.15) is 27.9 Å². The molecule has 0 radical (unpaired) electrons. The number of carbonyl (C=O) groups excluding carboxylic acids is 5. The summed E-state index contributed by atoms with van der Waals surface area (Å²) >= 11 is 0. The van der Waals surface area contributed by atoms with Gasteiger partial charge in [0.2, 0.25) is 5.91 Å². The van der Waals surface area contributed by atoms with Crippen molar-refractivity contribution in [3.63, 3.8) is 0 Å². The molecule has 40 heavy (non-hydrogen) atoms. The summed E-state index contributed by atoms with van der Waals surface area (Å²) in [4.78, 5) is 70.0. The molecule has 0 heterocycles. The van der Waals surface area contributed by atoms with E-state index in [1.54, 1.807) is 20.2 Å². The summed E-state index contributed by atoms with van der Waals surface area (Å²) in [5.41, 5.74) is 5.87. The third-order valence-electron chi connectivity index (χ3n) is 8.71. The van der Waals surface area contributed by atoms with E-state index in [4.69, 9.17) is 5.73 Å². The Bertz CT molecular complexity index is 1450. The van der Waals surface area contributed by atoms with Gasteiger partial charge >= 0.3 is 0 Å². The average molecular weight is 548 g/mol. The predicted octanol–water partition coefficient (Wildman–Crippen LogP) is 0.596. The van der Waals surface area contributed by atoms with E-state index in [2.05, 4.69) is 0 Å². The number of aliphatic hydroxyl groups is 1. The minimum atomic E-state index is -2.73. The zero-order valence-electron chi connectivity index (χ0n) is 22.9. The number of nitrogens with two attached hydrogens (primary N) is 1. The molecule has 2 aromatic rings. The molecule has 6 atom stereocenters. The standard InChI is InChI=1S/C30H33N3O7/c1-32(2)13-14-5-7-15(8-6-14)17-9-10-20(34)22-18(17)11-16-12-19-24(33(3)4)26(36)23(29(31)39)28(38)30(19,40)27(37)21(16)25(22)35/h5-10,16,19,21,23-24,34,40H,11-13H2,1-4H3,(H2,31,39)/t16-,19-,21?,23?,24+,30-/m0/s1. The van der Waals surface area contributed by atoms with Crippen LogP contribution in [-0.2, 0) is 32.1 Å². The van der Waals surface area contributed by atoms with E-state index in [1.807, 2.05) is 43.3 Å². The summed E-state index contributed by atoms with van der Waals surface area (Å²) in [7, 11) is 7.07. The van der Waals surface area contributed by atoms with Gasteiger partial charge in [-0.15, -0.1) is 0 Å². The molecule has 3 aliphatic rings. The van der Waals surface area contributed by atoms with Crippen LogP contribution in [0.2, 0.25) is 0 Å². The van der Waals surface area contributed by atoms with Crippen LogP contribution in [0.25, 0.3) is 11.1 Å². The Morgan fingerprint density at radius 1 is 1.00 bits per heavy atom. The molecule has 210 valence electrons. The molecule has 0 aliphatic heterocycles.